The zero-order valence-corrected chi connectivity index (χ0v) is 14.6. The van der Waals surface area contributed by atoms with Crippen LogP contribution in [0.15, 0.2) is 24.3 Å². The van der Waals surface area contributed by atoms with E-state index in [9.17, 15) is 10.4 Å². The van der Waals surface area contributed by atoms with E-state index >= 15 is 0 Å². The molecule has 1 heterocycles. The lowest BCUT2D eigenvalue weighted by Crippen LogP contribution is -2.10. The minimum Gasteiger partial charge on any atom is -0.504 e. The van der Waals surface area contributed by atoms with Crippen molar-refractivity contribution >= 4 is 11.3 Å². The highest BCUT2D eigenvalue weighted by atomic mass is 16.3. The molecule has 0 saturated carbocycles. The highest BCUT2D eigenvalue weighted by Gasteiger charge is 2.19. The summed E-state index contributed by atoms with van der Waals surface area (Å²) < 4.78 is 1.61. The van der Waals surface area contributed by atoms with Gasteiger partial charge in [-0.2, -0.15) is 10.4 Å². The first-order chi connectivity index (χ1) is 10.7. The van der Waals surface area contributed by atoms with E-state index in [1.807, 2.05) is 38.1 Å². The van der Waals surface area contributed by atoms with E-state index in [4.69, 9.17) is 0 Å². The quantitative estimate of drug-likeness (QED) is 0.665. The average Bonchev–Trinajstić information content (AvgIpc) is 2.72. The molecule has 1 N–H and O–H groups in total. The molecule has 0 amide bonds. The van der Waals surface area contributed by atoms with Crippen LogP contribution in [0.3, 0.4) is 0 Å². The molecule has 4 nitrogen and oxygen atoms in total. The van der Waals surface area contributed by atoms with Gasteiger partial charge in [-0.1, -0.05) is 45.0 Å². The van der Waals surface area contributed by atoms with Crippen LogP contribution >= 0.6 is 0 Å². The average molecular weight is 309 g/mol. The van der Waals surface area contributed by atoms with Crippen LogP contribution in [-0.2, 0) is 12.5 Å². The molecule has 0 radical (unpaired) electrons. The normalized spacial score (nSPS) is 12.7. The molecular formula is C19H23N3O. The molecule has 1 aromatic heterocycles. The summed E-state index contributed by atoms with van der Waals surface area (Å²) in [6, 6.07) is 9.90. The molecule has 1 aromatic carbocycles. The summed E-state index contributed by atoms with van der Waals surface area (Å²) in [6.07, 6.45) is 0. The Labute approximate surface area is 137 Å². The smallest absolute Gasteiger partial charge is 0.159 e. The number of hydrogen-bond donors (Lipinski definition) is 1. The van der Waals surface area contributed by atoms with Crippen molar-refractivity contribution in [3.05, 3.63) is 52.3 Å². The SMILES string of the molecule is Cc1nn(C)c(/C(O)=C(\C#N)c2ccc(C(C)(C)C)cc2)c1C. The van der Waals surface area contributed by atoms with Crippen molar-refractivity contribution in [1.29, 1.82) is 5.26 Å². The lowest BCUT2D eigenvalue weighted by Gasteiger charge is -2.19. The number of allylic oxidation sites excluding steroid dienone is 1. The molecule has 0 unspecified atom stereocenters. The van der Waals surface area contributed by atoms with Gasteiger partial charge in [0, 0.05) is 12.6 Å². The summed E-state index contributed by atoms with van der Waals surface area (Å²) in [5.74, 6) is -0.0309. The molecule has 0 aliphatic heterocycles. The summed E-state index contributed by atoms with van der Waals surface area (Å²) in [5, 5.41) is 24.5. The van der Waals surface area contributed by atoms with Crippen LogP contribution < -0.4 is 0 Å². The maximum absolute atomic E-state index is 10.6. The van der Waals surface area contributed by atoms with Crippen molar-refractivity contribution < 1.29 is 5.11 Å². The third-order valence-electron chi connectivity index (χ3n) is 4.13. The second kappa shape index (κ2) is 5.92. The predicted octanol–water partition coefficient (Wildman–Crippen LogP) is 4.28. The van der Waals surface area contributed by atoms with Gasteiger partial charge in [-0.25, -0.2) is 0 Å². The van der Waals surface area contributed by atoms with Gasteiger partial charge in [0.25, 0.3) is 0 Å². The molecule has 2 aromatic rings. The van der Waals surface area contributed by atoms with Gasteiger partial charge in [0.1, 0.15) is 17.3 Å². The zero-order chi connectivity index (χ0) is 17.4. The molecule has 0 spiro atoms. The predicted molar refractivity (Wildman–Crippen MR) is 92.9 cm³/mol. The summed E-state index contributed by atoms with van der Waals surface area (Å²) in [7, 11) is 1.77. The fraction of sp³-hybridized carbons (Fsp3) is 0.368. The van der Waals surface area contributed by atoms with Gasteiger partial charge < -0.3 is 5.11 Å². The molecule has 0 atom stereocenters. The van der Waals surface area contributed by atoms with Crippen molar-refractivity contribution in [2.45, 2.75) is 40.0 Å². The van der Waals surface area contributed by atoms with Crippen LogP contribution in [0, 0.1) is 25.2 Å². The number of aryl methyl sites for hydroxylation is 2. The third-order valence-corrected chi connectivity index (χ3v) is 4.13. The molecule has 0 saturated heterocycles. The molecule has 4 heteroatoms. The maximum Gasteiger partial charge on any atom is 0.159 e. The van der Waals surface area contributed by atoms with Crippen LogP contribution in [0.5, 0.6) is 0 Å². The Morgan fingerprint density at radius 1 is 1.17 bits per heavy atom. The minimum absolute atomic E-state index is 0.0309. The fourth-order valence-corrected chi connectivity index (χ4v) is 2.60. The second-order valence-corrected chi connectivity index (χ2v) is 6.85. The number of aromatic nitrogens is 2. The molecule has 0 fully saturated rings. The topological polar surface area (TPSA) is 61.8 Å². The summed E-state index contributed by atoms with van der Waals surface area (Å²) in [5.41, 5.74) is 4.50. The summed E-state index contributed by atoms with van der Waals surface area (Å²) >= 11 is 0. The molecule has 2 rings (SSSR count). The molecule has 0 aliphatic rings. The Morgan fingerprint density at radius 2 is 1.74 bits per heavy atom. The number of aliphatic hydroxyl groups is 1. The van der Waals surface area contributed by atoms with E-state index < -0.39 is 0 Å². The van der Waals surface area contributed by atoms with E-state index in [1.54, 1.807) is 11.7 Å². The number of rotatable bonds is 2. The van der Waals surface area contributed by atoms with E-state index in [1.165, 1.54) is 5.56 Å². The highest BCUT2D eigenvalue weighted by molar-refractivity contribution is 5.94. The second-order valence-electron chi connectivity index (χ2n) is 6.85. The minimum atomic E-state index is -0.0309. The lowest BCUT2D eigenvalue weighted by atomic mass is 9.86. The molecular weight excluding hydrogens is 286 g/mol. The Hall–Kier alpha value is -2.54. The monoisotopic (exact) mass is 309 g/mol. The molecule has 23 heavy (non-hydrogen) atoms. The maximum atomic E-state index is 10.6. The van der Waals surface area contributed by atoms with Gasteiger partial charge in [-0.05, 0) is 30.4 Å². The summed E-state index contributed by atoms with van der Waals surface area (Å²) in [4.78, 5) is 0. The van der Waals surface area contributed by atoms with Gasteiger partial charge in [0.15, 0.2) is 5.76 Å². The van der Waals surface area contributed by atoms with Gasteiger partial charge in [0.05, 0.1) is 5.69 Å². The van der Waals surface area contributed by atoms with Crippen LogP contribution in [0.2, 0.25) is 0 Å². The van der Waals surface area contributed by atoms with E-state index in [0.717, 1.165) is 11.3 Å². The number of aliphatic hydroxyl groups excluding tert-OH is 1. The summed E-state index contributed by atoms with van der Waals surface area (Å²) in [6.45, 7) is 10.2. The Bertz CT molecular complexity index is 797. The van der Waals surface area contributed by atoms with Gasteiger partial charge >= 0.3 is 0 Å². The fourth-order valence-electron chi connectivity index (χ4n) is 2.60. The van der Waals surface area contributed by atoms with E-state index in [0.29, 0.717) is 11.3 Å². The molecule has 120 valence electrons. The van der Waals surface area contributed by atoms with Crippen molar-refractivity contribution in [2.24, 2.45) is 7.05 Å². The number of nitriles is 1. The van der Waals surface area contributed by atoms with Crippen molar-refractivity contribution in [3.8, 4) is 6.07 Å². The first kappa shape index (κ1) is 16.8. The van der Waals surface area contributed by atoms with Crippen molar-refractivity contribution in [1.82, 2.24) is 9.78 Å². The lowest BCUT2D eigenvalue weighted by molar-refractivity contribution is 0.502. The van der Waals surface area contributed by atoms with E-state index in [2.05, 4.69) is 31.9 Å². The van der Waals surface area contributed by atoms with Crippen molar-refractivity contribution in [2.75, 3.05) is 0 Å². The van der Waals surface area contributed by atoms with Crippen LogP contribution in [0.4, 0.5) is 0 Å². The Morgan fingerprint density at radius 3 is 2.13 bits per heavy atom. The Kier molecular flexibility index (Phi) is 4.33. The molecule has 0 aliphatic carbocycles. The van der Waals surface area contributed by atoms with Crippen LogP contribution in [-0.4, -0.2) is 14.9 Å². The standard InChI is InChI=1S/C19H23N3O/c1-12-13(2)21-22(6)17(12)18(23)16(11-20)14-7-9-15(10-8-14)19(3,4)5/h7-10,23H,1-6H3/b18-16-. The van der Waals surface area contributed by atoms with Crippen LogP contribution in [0.1, 0.15) is 48.8 Å². The third kappa shape index (κ3) is 3.14. The first-order valence-electron chi connectivity index (χ1n) is 7.61. The van der Waals surface area contributed by atoms with Crippen LogP contribution in [0.25, 0.3) is 11.3 Å². The highest BCUT2D eigenvalue weighted by Crippen LogP contribution is 2.29. The Balaban J connectivity index is 2.57. The van der Waals surface area contributed by atoms with Gasteiger partial charge in [0.2, 0.25) is 0 Å². The number of benzene rings is 1. The first-order valence-corrected chi connectivity index (χ1v) is 7.61. The van der Waals surface area contributed by atoms with E-state index in [-0.39, 0.29) is 16.7 Å². The van der Waals surface area contributed by atoms with Crippen molar-refractivity contribution in [3.63, 3.8) is 0 Å². The van der Waals surface area contributed by atoms with Gasteiger partial charge in [-0.3, -0.25) is 4.68 Å². The van der Waals surface area contributed by atoms with Gasteiger partial charge in [-0.15, -0.1) is 0 Å². The number of nitrogens with zero attached hydrogens (tertiary/aromatic N) is 3. The largest absolute Gasteiger partial charge is 0.504 e. The number of hydrogen-bond acceptors (Lipinski definition) is 3. The zero-order valence-electron chi connectivity index (χ0n) is 14.6. The molecule has 0 bridgehead atoms.